The van der Waals surface area contributed by atoms with Gasteiger partial charge in [-0.1, -0.05) is 135 Å². The second-order valence-electron chi connectivity index (χ2n) is 13.5. The Kier molecular flexibility index (Phi) is 6.80. The maximum Gasteiger partial charge on any atom is 0.159 e. The van der Waals surface area contributed by atoms with Gasteiger partial charge < -0.3 is 9.32 Å². The molecular weight excluding hydrogens is 615 g/mol. The van der Waals surface area contributed by atoms with E-state index in [4.69, 9.17) is 4.42 Å². The predicted molar refractivity (Wildman–Crippen MR) is 210 cm³/mol. The van der Waals surface area contributed by atoms with Crippen molar-refractivity contribution in [3.05, 3.63) is 151 Å². The molecule has 10 rings (SSSR count). The highest BCUT2D eigenvalue weighted by Crippen LogP contribution is 2.49. The fourth-order valence-corrected chi connectivity index (χ4v) is 9.72. The Labute approximate surface area is 289 Å². The van der Waals surface area contributed by atoms with Crippen molar-refractivity contribution in [2.45, 2.75) is 38.0 Å². The molecule has 49 heavy (non-hydrogen) atoms. The summed E-state index contributed by atoms with van der Waals surface area (Å²) < 4.78 is 9.44. The maximum absolute atomic E-state index is 6.68. The van der Waals surface area contributed by atoms with Gasteiger partial charge in [0, 0.05) is 31.9 Å². The summed E-state index contributed by atoms with van der Waals surface area (Å²) in [6, 6.07) is 53.1. The molecule has 1 saturated carbocycles. The highest BCUT2D eigenvalue weighted by molar-refractivity contribution is 7.26. The van der Waals surface area contributed by atoms with Crippen LogP contribution < -0.4 is 4.90 Å². The molecule has 7 aromatic carbocycles. The number of thiophene rings is 1. The van der Waals surface area contributed by atoms with Crippen LogP contribution in [0.3, 0.4) is 0 Å². The third kappa shape index (κ3) is 4.68. The highest BCUT2D eigenvalue weighted by Gasteiger charge is 2.24. The summed E-state index contributed by atoms with van der Waals surface area (Å²) in [7, 11) is 0. The number of anilines is 3. The monoisotopic (exact) mass is 649 g/mol. The molecule has 2 aromatic heterocycles. The summed E-state index contributed by atoms with van der Waals surface area (Å²) in [6.45, 7) is 0. The summed E-state index contributed by atoms with van der Waals surface area (Å²) in [5.74, 6) is 0.649. The molecule has 0 saturated heterocycles. The Morgan fingerprint density at radius 3 is 2.02 bits per heavy atom. The molecule has 0 spiro atoms. The Morgan fingerprint density at radius 2 is 1.16 bits per heavy atom. The van der Waals surface area contributed by atoms with Crippen LogP contribution in [0.1, 0.15) is 43.6 Å². The molecule has 0 aliphatic heterocycles. The summed E-state index contributed by atoms with van der Waals surface area (Å²) in [6.07, 6.45) is 6.63. The first kappa shape index (κ1) is 28.6. The van der Waals surface area contributed by atoms with Crippen LogP contribution in [-0.4, -0.2) is 0 Å². The summed E-state index contributed by atoms with van der Waals surface area (Å²) >= 11 is 1.97. The molecule has 2 heterocycles. The van der Waals surface area contributed by atoms with Gasteiger partial charge in [0.2, 0.25) is 0 Å². The summed E-state index contributed by atoms with van der Waals surface area (Å²) in [4.78, 5) is 2.43. The van der Waals surface area contributed by atoms with Gasteiger partial charge in [-0.3, -0.25) is 0 Å². The number of nitrogens with zero attached hydrogens (tertiary/aromatic N) is 1. The van der Waals surface area contributed by atoms with Gasteiger partial charge in [0.05, 0.1) is 16.1 Å². The fraction of sp³-hybridized carbons (Fsp3) is 0.130. The van der Waals surface area contributed by atoms with E-state index in [1.165, 1.54) is 85.4 Å². The molecule has 3 heteroatoms. The molecule has 0 amide bonds. The number of hydrogen-bond acceptors (Lipinski definition) is 3. The molecule has 9 aromatic rings. The number of benzene rings is 7. The van der Waals surface area contributed by atoms with Gasteiger partial charge in [-0.15, -0.1) is 11.3 Å². The van der Waals surface area contributed by atoms with Crippen molar-refractivity contribution in [3.8, 4) is 11.1 Å². The van der Waals surface area contributed by atoms with Crippen molar-refractivity contribution in [1.29, 1.82) is 0 Å². The van der Waals surface area contributed by atoms with Crippen molar-refractivity contribution in [2.75, 3.05) is 4.90 Å². The average Bonchev–Trinajstić information content (AvgIpc) is 3.75. The van der Waals surface area contributed by atoms with Crippen molar-refractivity contribution in [1.82, 2.24) is 0 Å². The zero-order valence-electron chi connectivity index (χ0n) is 27.2. The second kappa shape index (κ2) is 11.6. The van der Waals surface area contributed by atoms with Crippen LogP contribution in [0.2, 0.25) is 0 Å². The van der Waals surface area contributed by atoms with Crippen LogP contribution in [0.4, 0.5) is 17.1 Å². The molecule has 1 aliphatic rings. The average molecular weight is 650 g/mol. The molecule has 236 valence electrons. The number of rotatable bonds is 5. The van der Waals surface area contributed by atoms with E-state index in [0.717, 1.165) is 33.3 Å². The topological polar surface area (TPSA) is 16.4 Å². The molecule has 0 N–H and O–H groups in total. The standard InChI is InChI=1S/C46H35NOS/c1-2-12-31(13-3-1)36-19-9-21-39-40-22-11-24-42(46(40)49-45(36)39)47(41-23-10-20-38-37-17-6-7-25-43(37)48-44(38)41)33-28-26-32(27-29-33)35-18-8-15-30-14-4-5-16-34(30)35/h4-11,14-29,31H,1-3,12-13H2. The first-order chi connectivity index (χ1) is 24.3. The Hall–Kier alpha value is -5.38. The first-order valence-electron chi connectivity index (χ1n) is 17.5. The lowest BCUT2D eigenvalue weighted by Gasteiger charge is -2.26. The fourth-order valence-electron chi connectivity index (χ4n) is 8.32. The van der Waals surface area contributed by atoms with Gasteiger partial charge in [0.1, 0.15) is 5.58 Å². The molecule has 2 nitrogen and oxygen atoms in total. The molecule has 0 atom stereocenters. The SMILES string of the molecule is c1ccc2c(-c3ccc(N(c4cccc5c4oc4ccccc45)c4cccc5c4sc4c(C6CCCCC6)cccc45)cc3)cccc2c1. The number of fused-ring (bicyclic) bond motifs is 7. The zero-order valence-corrected chi connectivity index (χ0v) is 28.0. The number of para-hydroxylation sites is 2. The van der Waals surface area contributed by atoms with Gasteiger partial charge in [0.25, 0.3) is 0 Å². The third-order valence-corrected chi connectivity index (χ3v) is 12.0. The van der Waals surface area contributed by atoms with E-state index in [1.807, 2.05) is 11.3 Å². The molecule has 0 radical (unpaired) electrons. The second-order valence-corrected chi connectivity index (χ2v) is 14.5. The van der Waals surface area contributed by atoms with Crippen molar-refractivity contribution in [3.63, 3.8) is 0 Å². The van der Waals surface area contributed by atoms with Crippen LogP contribution in [-0.2, 0) is 0 Å². The van der Waals surface area contributed by atoms with Crippen LogP contribution in [0.5, 0.6) is 0 Å². The van der Waals surface area contributed by atoms with Gasteiger partial charge in [-0.25, -0.2) is 0 Å². The molecule has 0 bridgehead atoms. The largest absolute Gasteiger partial charge is 0.454 e. The molecule has 1 fully saturated rings. The van der Waals surface area contributed by atoms with Gasteiger partial charge >= 0.3 is 0 Å². The number of hydrogen-bond donors (Lipinski definition) is 0. The van der Waals surface area contributed by atoms with Gasteiger partial charge in [-0.05, 0) is 76.6 Å². The lowest BCUT2D eigenvalue weighted by Crippen LogP contribution is -2.10. The minimum absolute atomic E-state index is 0.649. The van der Waals surface area contributed by atoms with E-state index in [-0.39, 0.29) is 0 Å². The van der Waals surface area contributed by atoms with Crippen molar-refractivity contribution in [2.24, 2.45) is 0 Å². The molecular formula is C46H35NOS. The third-order valence-electron chi connectivity index (χ3n) is 10.7. The first-order valence-corrected chi connectivity index (χ1v) is 18.4. The zero-order chi connectivity index (χ0) is 32.3. The van der Waals surface area contributed by atoms with Crippen molar-refractivity contribution < 1.29 is 4.42 Å². The van der Waals surface area contributed by atoms with Gasteiger partial charge in [-0.2, -0.15) is 0 Å². The Balaban J connectivity index is 1.20. The predicted octanol–water partition coefficient (Wildman–Crippen LogP) is 14.3. The minimum Gasteiger partial charge on any atom is -0.454 e. The number of furan rings is 1. The lowest BCUT2D eigenvalue weighted by molar-refractivity contribution is 0.446. The van der Waals surface area contributed by atoms with E-state index in [2.05, 4.69) is 150 Å². The molecule has 0 unspecified atom stereocenters. The van der Waals surface area contributed by atoms with E-state index in [1.54, 1.807) is 0 Å². The van der Waals surface area contributed by atoms with Gasteiger partial charge in [0.15, 0.2) is 5.58 Å². The lowest BCUT2D eigenvalue weighted by atomic mass is 9.84. The van der Waals surface area contributed by atoms with Crippen LogP contribution in [0.25, 0.3) is 64.0 Å². The van der Waals surface area contributed by atoms with E-state index >= 15 is 0 Å². The Bertz CT molecular complexity index is 2650. The summed E-state index contributed by atoms with van der Waals surface area (Å²) in [5, 5.41) is 7.50. The highest BCUT2D eigenvalue weighted by atomic mass is 32.1. The normalized spacial score (nSPS) is 14.0. The van der Waals surface area contributed by atoms with Crippen LogP contribution in [0, 0.1) is 0 Å². The maximum atomic E-state index is 6.68. The van der Waals surface area contributed by atoms with Crippen molar-refractivity contribution >= 4 is 81.3 Å². The van der Waals surface area contributed by atoms with Crippen LogP contribution in [0.15, 0.2) is 150 Å². The van der Waals surface area contributed by atoms with E-state index in [0.29, 0.717) is 5.92 Å². The quantitative estimate of drug-likeness (QED) is 0.184. The summed E-state index contributed by atoms with van der Waals surface area (Å²) in [5.41, 5.74) is 9.14. The van der Waals surface area contributed by atoms with E-state index < -0.39 is 0 Å². The molecule has 1 aliphatic carbocycles. The van der Waals surface area contributed by atoms with E-state index in [9.17, 15) is 0 Å². The van der Waals surface area contributed by atoms with Crippen LogP contribution >= 0.6 is 11.3 Å². The minimum atomic E-state index is 0.649. The Morgan fingerprint density at radius 1 is 0.510 bits per heavy atom. The smallest absolute Gasteiger partial charge is 0.159 e.